The number of pyridine rings is 1. The van der Waals surface area contributed by atoms with Crippen molar-refractivity contribution in [2.75, 3.05) is 57.2 Å². The van der Waals surface area contributed by atoms with Gasteiger partial charge in [0.1, 0.15) is 17.3 Å². The van der Waals surface area contributed by atoms with E-state index in [0.29, 0.717) is 49.2 Å². The predicted molar refractivity (Wildman–Crippen MR) is 111 cm³/mol. The van der Waals surface area contributed by atoms with Crippen molar-refractivity contribution in [1.82, 2.24) is 9.88 Å². The van der Waals surface area contributed by atoms with Crippen LogP contribution in [0.25, 0.3) is 0 Å². The van der Waals surface area contributed by atoms with Gasteiger partial charge >= 0.3 is 6.18 Å². The Morgan fingerprint density at radius 2 is 1.77 bits per heavy atom. The van der Waals surface area contributed by atoms with Crippen molar-refractivity contribution < 1.29 is 27.4 Å². The Balaban J connectivity index is 1.56. The average molecular weight is 438 g/mol. The SMILES string of the molecule is COc1cc(NC(=O)CN2CCCN(c3ccc(C(F)(F)F)cn3)CC2)cc(OC)c1. The normalized spacial score (nSPS) is 15.3. The number of alkyl halides is 3. The van der Waals surface area contributed by atoms with Crippen LogP contribution in [-0.4, -0.2) is 62.7 Å². The summed E-state index contributed by atoms with van der Waals surface area (Å²) in [6, 6.07) is 7.57. The molecule has 1 fully saturated rings. The van der Waals surface area contributed by atoms with Crippen LogP contribution in [-0.2, 0) is 11.0 Å². The van der Waals surface area contributed by atoms with Gasteiger partial charge < -0.3 is 19.7 Å². The number of nitrogens with one attached hydrogen (secondary N) is 1. The van der Waals surface area contributed by atoms with Crippen LogP contribution in [0.15, 0.2) is 36.5 Å². The molecule has 0 atom stereocenters. The lowest BCUT2D eigenvalue weighted by molar-refractivity contribution is -0.137. The first-order chi connectivity index (χ1) is 14.8. The van der Waals surface area contributed by atoms with E-state index in [0.717, 1.165) is 18.7 Å². The van der Waals surface area contributed by atoms with Crippen LogP contribution in [0.1, 0.15) is 12.0 Å². The molecule has 0 unspecified atom stereocenters. The molecule has 0 aliphatic carbocycles. The molecule has 1 aromatic heterocycles. The number of hydrogen-bond donors (Lipinski definition) is 1. The summed E-state index contributed by atoms with van der Waals surface area (Å²) >= 11 is 0. The molecule has 1 amide bonds. The molecule has 31 heavy (non-hydrogen) atoms. The molecule has 7 nitrogen and oxygen atoms in total. The Labute approximate surface area is 178 Å². The van der Waals surface area contributed by atoms with Crippen LogP contribution in [0, 0.1) is 0 Å². The highest BCUT2D eigenvalue weighted by Crippen LogP contribution is 2.29. The van der Waals surface area contributed by atoms with Gasteiger partial charge in [-0.1, -0.05) is 0 Å². The third kappa shape index (κ3) is 6.24. The summed E-state index contributed by atoms with van der Waals surface area (Å²) < 4.78 is 48.6. The molecule has 1 saturated heterocycles. The van der Waals surface area contributed by atoms with Crippen molar-refractivity contribution in [3.8, 4) is 11.5 Å². The van der Waals surface area contributed by atoms with Gasteiger partial charge in [-0.25, -0.2) is 4.98 Å². The van der Waals surface area contributed by atoms with Crippen molar-refractivity contribution in [3.05, 3.63) is 42.1 Å². The van der Waals surface area contributed by atoms with Gasteiger partial charge in [-0.05, 0) is 18.6 Å². The first-order valence-electron chi connectivity index (χ1n) is 9.82. The highest BCUT2D eigenvalue weighted by molar-refractivity contribution is 5.92. The fraction of sp³-hybridized carbons (Fsp3) is 0.429. The molecule has 2 heterocycles. The van der Waals surface area contributed by atoms with Gasteiger partial charge in [-0.15, -0.1) is 0 Å². The van der Waals surface area contributed by atoms with Crippen molar-refractivity contribution >= 4 is 17.4 Å². The first kappa shape index (κ1) is 22.7. The number of aromatic nitrogens is 1. The minimum Gasteiger partial charge on any atom is -0.497 e. The molecule has 168 valence electrons. The maximum Gasteiger partial charge on any atom is 0.417 e. The van der Waals surface area contributed by atoms with Crippen LogP contribution >= 0.6 is 0 Å². The van der Waals surface area contributed by atoms with E-state index in [2.05, 4.69) is 10.3 Å². The third-order valence-corrected chi connectivity index (χ3v) is 4.99. The summed E-state index contributed by atoms with van der Waals surface area (Å²) in [5.41, 5.74) is -0.190. The lowest BCUT2D eigenvalue weighted by Gasteiger charge is -2.23. The lowest BCUT2D eigenvalue weighted by atomic mass is 10.2. The number of carbonyl (C=O) groups is 1. The molecular weight excluding hydrogens is 413 g/mol. The minimum absolute atomic E-state index is 0.170. The number of halogens is 3. The number of benzene rings is 1. The standard InChI is InChI=1S/C21H25F3N4O3/c1-30-17-10-16(11-18(12-17)31-2)26-20(29)14-27-6-3-7-28(9-8-27)19-5-4-15(13-25-19)21(22,23)24/h4-5,10-13H,3,6-9,14H2,1-2H3,(H,26,29). The van der Waals surface area contributed by atoms with Crippen LogP contribution < -0.4 is 19.7 Å². The zero-order chi connectivity index (χ0) is 22.4. The van der Waals surface area contributed by atoms with Crippen LogP contribution in [0.5, 0.6) is 11.5 Å². The fourth-order valence-electron chi connectivity index (χ4n) is 3.38. The van der Waals surface area contributed by atoms with E-state index in [1.807, 2.05) is 9.80 Å². The maximum absolute atomic E-state index is 12.7. The molecule has 3 rings (SSSR count). The molecule has 0 bridgehead atoms. The zero-order valence-corrected chi connectivity index (χ0v) is 17.4. The van der Waals surface area contributed by atoms with Gasteiger partial charge in [-0.3, -0.25) is 9.69 Å². The van der Waals surface area contributed by atoms with Gasteiger partial charge in [0.15, 0.2) is 0 Å². The van der Waals surface area contributed by atoms with E-state index >= 15 is 0 Å². The van der Waals surface area contributed by atoms with Gasteiger partial charge in [0.05, 0.1) is 26.3 Å². The second kappa shape index (κ2) is 9.86. The van der Waals surface area contributed by atoms with Crippen LogP contribution in [0.3, 0.4) is 0 Å². The molecule has 0 saturated carbocycles. The van der Waals surface area contributed by atoms with E-state index < -0.39 is 11.7 Å². The Morgan fingerprint density at radius 3 is 2.35 bits per heavy atom. The monoisotopic (exact) mass is 438 g/mol. The summed E-state index contributed by atoms with van der Waals surface area (Å²) in [5.74, 6) is 1.48. The number of nitrogens with zero attached hydrogens (tertiary/aromatic N) is 3. The van der Waals surface area contributed by atoms with Gasteiger partial charge in [0.25, 0.3) is 0 Å². The van der Waals surface area contributed by atoms with E-state index in [4.69, 9.17) is 9.47 Å². The number of ether oxygens (including phenoxy) is 2. The Morgan fingerprint density at radius 1 is 1.06 bits per heavy atom. The molecule has 1 N–H and O–H groups in total. The molecule has 1 aliphatic heterocycles. The van der Waals surface area contributed by atoms with Crippen molar-refractivity contribution in [2.24, 2.45) is 0 Å². The largest absolute Gasteiger partial charge is 0.497 e. The minimum atomic E-state index is -4.40. The Hall–Kier alpha value is -3.01. The smallest absolute Gasteiger partial charge is 0.417 e. The summed E-state index contributed by atoms with van der Waals surface area (Å²) in [4.78, 5) is 20.4. The lowest BCUT2D eigenvalue weighted by Crippen LogP contribution is -2.36. The van der Waals surface area contributed by atoms with E-state index in [9.17, 15) is 18.0 Å². The van der Waals surface area contributed by atoms with Crippen molar-refractivity contribution in [3.63, 3.8) is 0 Å². The maximum atomic E-state index is 12.7. The third-order valence-electron chi connectivity index (χ3n) is 4.99. The number of amides is 1. The summed E-state index contributed by atoms with van der Waals surface area (Å²) in [7, 11) is 3.07. The highest BCUT2D eigenvalue weighted by atomic mass is 19.4. The molecule has 0 spiro atoms. The number of methoxy groups -OCH3 is 2. The summed E-state index contributed by atoms with van der Waals surface area (Å²) in [5, 5.41) is 2.85. The molecule has 0 radical (unpaired) electrons. The number of rotatable bonds is 6. The molecular formula is C21H25F3N4O3. The van der Waals surface area contributed by atoms with Crippen LogP contribution in [0.4, 0.5) is 24.7 Å². The van der Waals surface area contributed by atoms with Gasteiger partial charge in [0.2, 0.25) is 5.91 Å². The van der Waals surface area contributed by atoms with Crippen LogP contribution in [0.2, 0.25) is 0 Å². The van der Waals surface area contributed by atoms with Gasteiger partial charge in [-0.2, -0.15) is 13.2 Å². The van der Waals surface area contributed by atoms with Crippen molar-refractivity contribution in [2.45, 2.75) is 12.6 Å². The topological polar surface area (TPSA) is 66.9 Å². The summed E-state index contributed by atoms with van der Waals surface area (Å²) in [6.07, 6.45) is -2.78. The molecule has 2 aromatic rings. The van der Waals surface area contributed by atoms with Crippen molar-refractivity contribution in [1.29, 1.82) is 0 Å². The van der Waals surface area contributed by atoms with E-state index in [-0.39, 0.29) is 12.5 Å². The highest BCUT2D eigenvalue weighted by Gasteiger charge is 2.31. The van der Waals surface area contributed by atoms with Gasteiger partial charge in [0, 0.05) is 56.3 Å². The Bertz CT molecular complexity index is 868. The number of carbonyl (C=O) groups excluding carboxylic acids is 1. The molecule has 10 heteroatoms. The molecule has 1 aliphatic rings. The predicted octanol–water partition coefficient (Wildman–Crippen LogP) is 3.27. The quantitative estimate of drug-likeness (QED) is 0.747. The average Bonchev–Trinajstić information content (AvgIpc) is 2.98. The fourth-order valence-corrected chi connectivity index (χ4v) is 3.38. The first-order valence-corrected chi connectivity index (χ1v) is 9.82. The second-order valence-corrected chi connectivity index (χ2v) is 7.17. The number of hydrogen-bond acceptors (Lipinski definition) is 6. The second-order valence-electron chi connectivity index (χ2n) is 7.17. The van der Waals surface area contributed by atoms with E-state index in [1.165, 1.54) is 20.3 Å². The summed E-state index contributed by atoms with van der Waals surface area (Å²) in [6.45, 7) is 2.72. The Kier molecular flexibility index (Phi) is 7.21. The number of anilines is 2. The molecule has 1 aromatic carbocycles. The zero-order valence-electron chi connectivity index (χ0n) is 17.4. The van der Waals surface area contributed by atoms with E-state index in [1.54, 1.807) is 18.2 Å².